The van der Waals surface area contributed by atoms with E-state index in [1.165, 1.54) is 13.0 Å². The number of piperazine rings is 1. The molecule has 2 aromatic rings. The maximum Gasteiger partial charge on any atom is 0.257 e. The van der Waals surface area contributed by atoms with Crippen LogP contribution in [-0.4, -0.2) is 68.4 Å². The highest BCUT2D eigenvalue weighted by Crippen LogP contribution is 2.26. The van der Waals surface area contributed by atoms with E-state index in [1.54, 1.807) is 30.2 Å². The Balaban J connectivity index is 1.36. The average molecular weight is 455 g/mol. The zero-order chi connectivity index (χ0) is 23.4. The Morgan fingerprint density at radius 1 is 1.18 bits per heavy atom. The number of carbonyl (C=O) groups is 2. The lowest BCUT2D eigenvalue weighted by Gasteiger charge is -2.36. The van der Waals surface area contributed by atoms with Crippen LogP contribution in [0.1, 0.15) is 29.3 Å². The van der Waals surface area contributed by atoms with Crippen LogP contribution in [0.15, 0.2) is 47.6 Å². The van der Waals surface area contributed by atoms with Gasteiger partial charge in [-0.3, -0.25) is 9.59 Å². The van der Waals surface area contributed by atoms with Crippen molar-refractivity contribution < 1.29 is 23.6 Å². The van der Waals surface area contributed by atoms with Gasteiger partial charge in [0, 0.05) is 45.1 Å². The summed E-state index contributed by atoms with van der Waals surface area (Å²) in [6, 6.07) is 12.2. The first-order valence-electron chi connectivity index (χ1n) is 10.9. The van der Waals surface area contributed by atoms with Gasteiger partial charge in [0.05, 0.1) is 30.6 Å². The van der Waals surface area contributed by atoms with E-state index in [0.29, 0.717) is 67.4 Å². The predicted molar refractivity (Wildman–Crippen MR) is 122 cm³/mol. The van der Waals surface area contributed by atoms with Crippen LogP contribution >= 0.6 is 0 Å². The molecule has 1 unspecified atom stereocenters. The number of methoxy groups -OCH3 is 1. The third-order valence-corrected chi connectivity index (χ3v) is 5.84. The molecular formula is C24H27FN4O4. The van der Waals surface area contributed by atoms with Crippen LogP contribution in [0.3, 0.4) is 0 Å². The summed E-state index contributed by atoms with van der Waals surface area (Å²) in [6.07, 6.45) is 0.253. The molecule has 2 heterocycles. The summed E-state index contributed by atoms with van der Waals surface area (Å²) in [4.78, 5) is 33.0. The molecule has 1 atom stereocenters. The monoisotopic (exact) mass is 454 g/mol. The van der Waals surface area contributed by atoms with Gasteiger partial charge in [0.1, 0.15) is 17.7 Å². The molecule has 33 heavy (non-hydrogen) atoms. The fourth-order valence-corrected chi connectivity index (χ4v) is 4.05. The quantitative estimate of drug-likeness (QED) is 0.725. The number of anilines is 1. The van der Waals surface area contributed by atoms with E-state index in [4.69, 9.17) is 9.57 Å². The van der Waals surface area contributed by atoms with Gasteiger partial charge in [0.2, 0.25) is 5.91 Å². The standard InChI is InChI=1S/C24H27FN4O4/c1-16(30)26-15-18-14-21(27-33-18)17-7-8-22(20(25)13-17)28-9-11-29(12-10-28)24(31)19-5-3-4-6-23(19)32-2/h3-8,13,18H,9-12,14-15H2,1-2H3,(H,26,30). The Hall–Kier alpha value is -3.62. The number of amides is 2. The van der Waals surface area contributed by atoms with Gasteiger partial charge >= 0.3 is 0 Å². The summed E-state index contributed by atoms with van der Waals surface area (Å²) in [5.74, 6) is -0.0159. The number of rotatable bonds is 6. The van der Waals surface area contributed by atoms with Crippen molar-refractivity contribution in [3.63, 3.8) is 0 Å². The average Bonchev–Trinajstić information content (AvgIpc) is 3.31. The summed E-state index contributed by atoms with van der Waals surface area (Å²) >= 11 is 0. The van der Waals surface area contributed by atoms with E-state index < -0.39 is 0 Å². The molecule has 0 saturated carbocycles. The normalized spacial score (nSPS) is 17.9. The molecule has 1 N–H and O–H groups in total. The van der Waals surface area contributed by atoms with Crippen LogP contribution in [0, 0.1) is 5.82 Å². The molecule has 2 amide bonds. The highest BCUT2D eigenvalue weighted by Gasteiger charge is 2.27. The summed E-state index contributed by atoms with van der Waals surface area (Å²) in [5, 5.41) is 6.75. The highest BCUT2D eigenvalue weighted by molar-refractivity contribution is 6.01. The molecule has 8 nitrogen and oxygen atoms in total. The lowest BCUT2D eigenvalue weighted by atomic mass is 10.0. The van der Waals surface area contributed by atoms with Crippen LogP contribution in [0.2, 0.25) is 0 Å². The molecule has 4 rings (SSSR count). The van der Waals surface area contributed by atoms with Crippen LogP contribution in [-0.2, 0) is 9.63 Å². The largest absolute Gasteiger partial charge is 0.496 e. The number of hydrogen-bond donors (Lipinski definition) is 1. The first-order valence-corrected chi connectivity index (χ1v) is 10.9. The van der Waals surface area contributed by atoms with Gasteiger partial charge in [-0.1, -0.05) is 23.4 Å². The minimum Gasteiger partial charge on any atom is -0.496 e. The minimum absolute atomic E-state index is 0.0871. The van der Waals surface area contributed by atoms with Crippen LogP contribution in [0.4, 0.5) is 10.1 Å². The van der Waals surface area contributed by atoms with Crippen LogP contribution in [0.5, 0.6) is 5.75 Å². The predicted octanol–water partition coefficient (Wildman–Crippen LogP) is 2.43. The number of oxime groups is 1. The van der Waals surface area contributed by atoms with Gasteiger partial charge in [-0.25, -0.2) is 4.39 Å². The Kier molecular flexibility index (Phi) is 6.76. The van der Waals surface area contributed by atoms with Crippen molar-refractivity contribution in [3.05, 3.63) is 59.4 Å². The molecule has 174 valence electrons. The molecule has 9 heteroatoms. The Labute approximate surface area is 191 Å². The number of hydrogen-bond acceptors (Lipinski definition) is 6. The molecule has 1 fully saturated rings. The number of para-hydroxylation sites is 1. The molecule has 0 aliphatic carbocycles. The lowest BCUT2D eigenvalue weighted by molar-refractivity contribution is -0.119. The number of nitrogens with one attached hydrogen (secondary N) is 1. The molecule has 1 saturated heterocycles. The third kappa shape index (κ3) is 5.08. The van der Waals surface area contributed by atoms with Gasteiger partial charge in [0.15, 0.2) is 0 Å². The fraction of sp³-hybridized carbons (Fsp3) is 0.375. The van der Waals surface area contributed by atoms with Gasteiger partial charge in [-0.05, 0) is 24.3 Å². The Morgan fingerprint density at radius 3 is 2.64 bits per heavy atom. The summed E-state index contributed by atoms with van der Waals surface area (Å²) in [5.41, 5.74) is 2.34. The van der Waals surface area contributed by atoms with E-state index in [1.807, 2.05) is 23.1 Å². The highest BCUT2D eigenvalue weighted by atomic mass is 19.1. The van der Waals surface area contributed by atoms with Crippen LogP contribution in [0.25, 0.3) is 0 Å². The van der Waals surface area contributed by atoms with Crippen molar-refractivity contribution in [2.24, 2.45) is 5.16 Å². The number of benzene rings is 2. The molecule has 0 bridgehead atoms. The van der Waals surface area contributed by atoms with Crippen molar-refractivity contribution in [2.75, 3.05) is 44.7 Å². The second kappa shape index (κ2) is 9.89. The van der Waals surface area contributed by atoms with E-state index in [-0.39, 0.29) is 23.7 Å². The summed E-state index contributed by atoms with van der Waals surface area (Å²) in [6.45, 7) is 3.84. The second-order valence-corrected chi connectivity index (χ2v) is 8.05. The molecule has 2 aromatic carbocycles. The minimum atomic E-state index is -0.343. The fourth-order valence-electron chi connectivity index (χ4n) is 4.05. The summed E-state index contributed by atoms with van der Waals surface area (Å²) < 4.78 is 20.3. The van der Waals surface area contributed by atoms with E-state index in [0.717, 1.165) is 0 Å². The molecular weight excluding hydrogens is 427 g/mol. The summed E-state index contributed by atoms with van der Waals surface area (Å²) in [7, 11) is 1.54. The van der Waals surface area contributed by atoms with Gasteiger partial charge in [0.25, 0.3) is 5.91 Å². The first kappa shape index (κ1) is 22.6. The number of halogens is 1. The van der Waals surface area contributed by atoms with Gasteiger partial charge in [-0.15, -0.1) is 0 Å². The lowest BCUT2D eigenvalue weighted by Crippen LogP contribution is -2.49. The molecule has 2 aliphatic rings. The van der Waals surface area contributed by atoms with E-state index in [9.17, 15) is 14.0 Å². The van der Waals surface area contributed by atoms with E-state index in [2.05, 4.69) is 10.5 Å². The smallest absolute Gasteiger partial charge is 0.257 e. The zero-order valence-corrected chi connectivity index (χ0v) is 18.7. The number of carbonyl (C=O) groups excluding carboxylic acids is 2. The van der Waals surface area contributed by atoms with Crippen molar-refractivity contribution in [2.45, 2.75) is 19.4 Å². The van der Waals surface area contributed by atoms with Gasteiger partial charge < -0.3 is 24.7 Å². The molecule has 0 spiro atoms. The number of nitrogens with zero attached hydrogens (tertiary/aromatic N) is 3. The Bertz CT molecular complexity index is 1070. The van der Waals surface area contributed by atoms with Crippen molar-refractivity contribution in [1.29, 1.82) is 0 Å². The SMILES string of the molecule is COc1ccccc1C(=O)N1CCN(c2ccc(C3=NOC(CNC(C)=O)C3)cc2F)CC1. The maximum absolute atomic E-state index is 15.0. The maximum atomic E-state index is 15.0. The number of ether oxygens (including phenoxy) is 1. The Morgan fingerprint density at radius 2 is 1.94 bits per heavy atom. The van der Waals surface area contributed by atoms with E-state index >= 15 is 0 Å². The van der Waals surface area contributed by atoms with Crippen LogP contribution < -0.4 is 15.0 Å². The molecule has 2 aliphatic heterocycles. The van der Waals surface area contributed by atoms with Gasteiger partial charge in [-0.2, -0.15) is 0 Å². The van der Waals surface area contributed by atoms with Crippen molar-refractivity contribution in [3.8, 4) is 5.75 Å². The third-order valence-electron chi connectivity index (χ3n) is 5.84. The zero-order valence-electron chi connectivity index (χ0n) is 18.7. The second-order valence-electron chi connectivity index (χ2n) is 8.05. The topological polar surface area (TPSA) is 83.5 Å². The van der Waals surface area contributed by atoms with Crippen molar-refractivity contribution in [1.82, 2.24) is 10.2 Å². The molecule has 0 radical (unpaired) electrons. The first-order chi connectivity index (χ1) is 16.0. The van der Waals surface area contributed by atoms with Crippen molar-refractivity contribution >= 4 is 23.2 Å². The molecule has 0 aromatic heterocycles.